The molecule has 1 aliphatic rings. The van der Waals surface area contributed by atoms with E-state index in [1.165, 1.54) is 6.92 Å². The minimum atomic E-state index is -3.99. The molecule has 1 aliphatic heterocycles. The number of rotatable bonds is 2. The molecular weight excluding hydrogens is 290 g/mol. The highest BCUT2D eigenvalue weighted by Crippen LogP contribution is 2.25. The van der Waals surface area contributed by atoms with Crippen molar-refractivity contribution < 1.29 is 13.2 Å². The van der Waals surface area contributed by atoms with Crippen LogP contribution in [0.3, 0.4) is 0 Å². The van der Waals surface area contributed by atoms with E-state index in [1.54, 1.807) is 4.90 Å². The van der Waals surface area contributed by atoms with Crippen LogP contribution in [0.1, 0.15) is 42.4 Å². The second-order valence-corrected chi connectivity index (χ2v) is 7.31. The Hall–Kier alpha value is -1.08. The van der Waals surface area contributed by atoms with Gasteiger partial charge < -0.3 is 4.90 Å². The Morgan fingerprint density at radius 2 is 2.16 bits per heavy atom. The van der Waals surface area contributed by atoms with Gasteiger partial charge in [0.05, 0.1) is 5.69 Å². The number of nitrogens with one attached hydrogen (secondary N) is 1. The summed E-state index contributed by atoms with van der Waals surface area (Å²) in [5, 5.41) is 6.33. The highest BCUT2D eigenvalue weighted by atomic mass is 35.7. The van der Waals surface area contributed by atoms with Crippen molar-refractivity contribution in [3.63, 3.8) is 0 Å². The van der Waals surface area contributed by atoms with E-state index in [4.69, 9.17) is 10.7 Å². The first-order valence-corrected chi connectivity index (χ1v) is 8.44. The van der Waals surface area contributed by atoms with Crippen molar-refractivity contribution >= 4 is 25.6 Å². The van der Waals surface area contributed by atoms with Crippen molar-refractivity contribution in [3.05, 3.63) is 11.4 Å². The maximum absolute atomic E-state index is 12.4. The molecule has 106 valence electrons. The number of H-pyrrole nitrogens is 1. The molecular formula is C11H16ClN3O3S. The van der Waals surface area contributed by atoms with Crippen LogP contribution in [0.2, 0.25) is 0 Å². The topological polar surface area (TPSA) is 83.1 Å². The average molecular weight is 306 g/mol. The number of aryl methyl sites for hydroxylation is 1. The zero-order chi connectivity index (χ0) is 14.2. The Labute approximate surface area is 116 Å². The highest BCUT2D eigenvalue weighted by molar-refractivity contribution is 8.13. The Morgan fingerprint density at radius 3 is 2.74 bits per heavy atom. The number of hydrogen-bond donors (Lipinski definition) is 1. The van der Waals surface area contributed by atoms with E-state index in [2.05, 4.69) is 10.2 Å². The van der Waals surface area contributed by atoms with E-state index in [-0.39, 0.29) is 28.2 Å². The zero-order valence-corrected chi connectivity index (χ0v) is 12.4. The molecule has 19 heavy (non-hydrogen) atoms. The van der Waals surface area contributed by atoms with E-state index in [1.807, 2.05) is 6.92 Å². The molecule has 1 unspecified atom stereocenters. The monoisotopic (exact) mass is 305 g/mol. The Kier molecular flexibility index (Phi) is 3.87. The number of nitrogens with zero attached hydrogens (tertiary/aromatic N) is 2. The fourth-order valence-electron chi connectivity index (χ4n) is 2.40. The van der Waals surface area contributed by atoms with Gasteiger partial charge in [-0.05, 0) is 33.1 Å². The molecule has 1 aromatic heterocycles. The summed E-state index contributed by atoms with van der Waals surface area (Å²) in [5.74, 6) is -0.379. The Balaban J connectivity index is 2.40. The first kappa shape index (κ1) is 14.3. The molecule has 0 spiro atoms. The van der Waals surface area contributed by atoms with Gasteiger partial charge in [-0.15, -0.1) is 0 Å². The standard InChI is InChI=1S/C11H16ClN3O3S/c1-7-5-3-4-6-15(7)11(16)9-10(19(12,17)18)8(2)13-14-9/h7H,3-6H2,1-2H3,(H,13,14). The number of aromatic amines is 1. The van der Waals surface area contributed by atoms with Crippen LogP contribution in [0.4, 0.5) is 0 Å². The third-order valence-electron chi connectivity index (χ3n) is 3.40. The molecule has 8 heteroatoms. The number of carbonyl (C=O) groups excluding carboxylic acids is 1. The van der Waals surface area contributed by atoms with Gasteiger partial charge in [-0.3, -0.25) is 9.89 Å². The van der Waals surface area contributed by atoms with E-state index in [9.17, 15) is 13.2 Å². The highest BCUT2D eigenvalue weighted by Gasteiger charge is 2.32. The SMILES string of the molecule is Cc1[nH]nc(C(=O)N2CCCCC2C)c1S(=O)(=O)Cl. The van der Waals surface area contributed by atoms with Crippen molar-refractivity contribution in [1.82, 2.24) is 15.1 Å². The second kappa shape index (κ2) is 5.13. The summed E-state index contributed by atoms with van der Waals surface area (Å²) < 4.78 is 23.1. The predicted molar refractivity (Wildman–Crippen MR) is 70.7 cm³/mol. The molecule has 1 aromatic rings. The van der Waals surface area contributed by atoms with Gasteiger partial charge in [0.15, 0.2) is 5.69 Å². The van der Waals surface area contributed by atoms with Crippen molar-refractivity contribution in [1.29, 1.82) is 0 Å². The van der Waals surface area contributed by atoms with E-state index in [0.717, 1.165) is 19.3 Å². The molecule has 1 fully saturated rings. The molecule has 1 atom stereocenters. The van der Waals surface area contributed by atoms with Crippen molar-refractivity contribution in [3.8, 4) is 0 Å². The van der Waals surface area contributed by atoms with Crippen molar-refractivity contribution in [2.45, 2.75) is 44.0 Å². The average Bonchev–Trinajstić information content (AvgIpc) is 2.70. The maximum atomic E-state index is 12.4. The van der Waals surface area contributed by atoms with Crippen molar-refractivity contribution in [2.24, 2.45) is 0 Å². The number of carbonyl (C=O) groups is 1. The minimum Gasteiger partial charge on any atom is -0.335 e. The summed E-state index contributed by atoms with van der Waals surface area (Å²) in [5.41, 5.74) is 0.171. The van der Waals surface area contributed by atoms with E-state index in [0.29, 0.717) is 6.54 Å². The molecule has 0 aromatic carbocycles. The van der Waals surface area contributed by atoms with Crippen molar-refractivity contribution in [2.75, 3.05) is 6.54 Å². The molecule has 1 saturated heterocycles. The lowest BCUT2D eigenvalue weighted by Gasteiger charge is -2.32. The molecule has 2 heterocycles. The third-order valence-corrected chi connectivity index (χ3v) is 4.85. The lowest BCUT2D eigenvalue weighted by molar-refractivity contribution is 0.0625. The second-order valence-electron chi connectivity index (χ2n) is 4.81. The van der Waals surface area contributed by atoms with Gasteiger partial charge in [0, 0.05) is 23.3 Å². The lowest BCUT2D eigenvalue weighted by atomic mass is 10.0. The van der Waals surface area contributed by atoms with Gasteiger partial charge in [-0.1, -0.05) is 0 Å². The first-order chi connectivity index (χ1) is 8.82. The predicted octanol–water partition coefficient (Wildman–Crippen LogP) is 1.66. The molecule has 1 N–H and O–H groups in total. The van der Waals surface area contributed by atoms with E-state index >= 15 is 0 Å². The molecule has 0 bridgehead atoms. The Morgan fingerprint density at radius 1 is 1.47 bits per heavy atom. The summed E-state index contributed by atoms with van der Waals surface area (Å²) in [4.78, 5) is 13.9. The van der Waals surface area contributed by atoms with Crippen LogP contribution in [0.25, 0.3) is 0 Å². The fourth-order valence-corrected chi connectivity index (χ4v) is 3.74. The molecule has 6 nitrogen and oxygen atoms in total. The van der Waals surface area contributed by atoms with Gasteiger partial charge in [0.1, 0.15) is 4.90 Å². The largest absolute Gasteiger partial charge is 0.335 e. The number of aromatic nitrogens is 2. The van der Waals surface area contributed by atoms with Gasteiger partial charge in [0.2, 0.25) is 0 Å². The maximum Gasteiger partial charge on any atom is 0.276 e. The lowest BCUT2D eigenvalue weighted by Crippen LogP contribution is -2.42. The number of hydrogen-bond acceptors (Lipinski definition) is 4. The van der Waals surface area contributed by atoms with Crippen LogP contribution in [0.15, 0.2) is 4.90 Å². The molecule has 0 radical (unpaired) electrons. The fraction of sp³-hybridized carbons (Fsp3) is 0.636. The molecule has 0 aliphatic carbocycles. The van der Waals surface area contributed by atoms with Crippen LogP contribution in [-0.2, 0) is 9.05 Å². The summed E-state index contributed by atoms with van der Waals surface area (Å²) in [6.45, 7) is 4.10. The zero-order valence-electron chi connectivity index (χ0n) is 10.8. The number of likely N-dealkylation sites (tertiary alicyclic amines) is 1. The van der Waals surface area contributed by atoms with Gasteiger partial charge >= 0.3 is 0 Å². The number of halogens is 1. The van der Waals surface area contributed by atoms with E-state index < -0.39 is 9.05 Å². The quantitative estimate of drug-likeness (QED) is 0.842. The van der Waals surface area contributed by atoms with Gasteiger partial charge in [-0.25, -0.2) is 8.42 Å². The van der Waals surface area contributed by atoms with Crippen LogP contribution in [0.5, 0.6) is 0 Å². The summed E-state index contributed by atoms with van der Waals surface area (Å²) in [6, 6.07) is 0.0872. The van der Waals surface area contributed by atoms with Crippen LogP contribution < -0.4 is 0 Å². The molecule has 0 saturated carbocycles. The van der Waals surface area contributed by atoms with Gasteiger partial charge in [0.25, 0.3) is 15.0 Å². The number of piperidine rings is 1. The Bertz CT molecular complexity index is 596. The number of amides is 1. The summed E-state index contributed by atoms with van der Waals surface area (Å²) in [6.07, 6.45) is 2.91. The molecule has 1 amide bonds. The third kappa shape index (κ3) is 2.76. The van der Waals surface area contributed by atoms with Crippen LogP contribution >= 0.6 is 10.7 Å². The normalized spacial score (nSPS) is 20.6. The smallest absolute Gasteiger partial charge is 0.276 e. The molecule has 2 rings (SSSR count). The van der Waals surface area contributed by atoms with Crippen LogP contribution in [-0.4, -0.2) is 42.0 Å². The minimum absolute atomic E-state index is 0.0872. The van der Waals surface area contributed by atoms with Gasteiger partial charge in [-0.2, -0.15) is 5.10 Å². The first-order valence-electron chi connectivity index (χ1n) is 6.13. The summed E-state index contributed by atoms with van der Waals surface area (Å²) >= 11 is 0. The summed E-state index contributed by atoms with van der Waals surface area (Å²) in [7, 11) is 1.38. The van der Waals surface area contributed by atoms with Crippen LogP contribution in [0, 0.1) is 6.92 Å².